The molecule has 0 spiro atoms. The molecular weight excluding hydrogens is 318 g/mol. The van der Waals surface area contributed by atoms with Gasteiger partial charge in [-0.1, -0.05) is 24.3 Å². The van der Waals surface area contributed by atoms with Crippen molar-refractivity contribution < 1.29 is 4.74 Å². The summed E-state index contributed by atoms with van der Waals surface area (Å²) in [6.07, 6.45) is 5.06. The van der Waals surface area contributed by atoms with E-state index in [1.807, 2.05) is 0 Å². The number of aromatic nitrogens is 2. The van der Waals surface area contributed by atoms with Gasteiger partial charge >= 0.3 is 0 Å². The highest BCUT2D eigenvalue weighted by atomic mass is 79.9. The molecule has 5 heteroatoms. The summed E-state index contributed by atoms with van der Waals surface area (Å²) in [5, 5.41) is 2.93. The third-order valence-electron chi connectivity index (χ3n) is 3.50. The Balaban J connectivity index is 1.89. The number of nitrogens with one attached hydrogen (secondary N) is 1. The minimum absolute atomic E-state index is 0.0656. The first-order chi connectivity index (χ1) is 9.78. The van der Waals surface area contributed by atoms with Crippen molar-refractivity contribution in [1.82, 2.24) is 9.97 Å². The van der Waals surface area contributed by atoms with E-state index in [-0.39, 0.29) is 6.10 Å². The Morgan fingerprint density at radius 1 is 1.35 bits per heavy atom. The van der Waals surface area contributed by atoms with Gasteiger partial charge in [-0.15, -0.1) is 0 Å². The van der Waals surface area contributed by atoms with Crippen molar-refractivity contribution in [3.8, 4) is 5.88 Å². The van der Waals surface area contributed by atoms with Gasteiger partial charge in [0.1, 0.15) is 6.10 Å². The van der Waals surface area contributed by atoms with Crippen LogP contribution in [0.25, 0.3) is 0 Å². The first-order valence-electron chi connectivity index (χ1n) is 6.72. The molecule has 104 valence electrons. The maximum absolute atomic E-state index is 6.12. The molecule has 4 nitrogen and oxygen atoms in total. The number of benzene rings is 1. The summed E-state index contributed by atoms with van der Waals surface area (Å²) in [5.41, 5.74) is 2.65. The van der Waals surface area contributed by atoms with Gasteiger partial charge in [-0.05, 0) is 46.3 Å². The second-order valence-electron chi connectivity index (χ2n) is 4.79. The molecular formula is C15H16BrN3O. The summed E-state index contributed by atoms with van der Waals surface area (Å²) < 4.78 is 6.89. The van der Waals surface area contributed by atoms with Gasteiger partial charge in [0.2, 0.25) is 11.8 Å². The van der Waals surface area contributed by atoms with Crippen LogP contribution < -0.4 is 10.1 Å². The minimum Gasteiger partial charge on any atom is -0.469 e. The zero-order chi connectivity index (χ0) is 13.9. The van der Waals surface area contributed by atoms with E-state index in [0.717, 1.165) is 23.7 Å². The van der Waals surface area contributed by atoms with Crippen LogP contribution in [0.1, 0.15) is 30.1 Å². The first-order valence-corrected chi connectivity index (χ1v) is 7.52. The molecule has 0 saturated carbocycles. The van der Waals surface area contributed by atoms with E-state index in [4.69, 9.17) is 4.74 Å². The van der Waals surface area contributed by atoms with Gasteiger partial charge < -0.3 is 10.1 Å². The maximum atomic E-state index is 6.12. The normalized spacial score (nSPS) is 17.4. The molecule has 1 N–H and O–H groups in total. The average Bonchev–Trinajstić information content (AvgIpc) is 2.50. The Morgan fingerprint density at radius 3 is 3.05 bits per heavy atom. The van der Waals surface area contributed by atoms with Crippen molar-refractivity contribution in [2.24, 2.45) is 0 Å². The second kappa shape index (κ2) is 5.79. The van der Waals surface area contributed by atoms with Crippen LogP contribution in [0.3, 0.4) is 0 Å². The van der Waals surface area contributed by atoms with Crippen molar-refractivity contribution in [1.29, 1.82) is 0 Å². The van der Waals surface area contributed by atoms with Crippen LogP contribution in [0.4, 0.5) is 5.95 Å². The van der Waals surface area contributed by atoms with Gasteiger partial charge in [-0.3, -0.25) is 0 Å². The molecule has 0 amide bonds. The van der Waals surface area contributed by atoms with Gasteiger partial charge in [-0.25, -0.2) is 4.98 Å². The predicted molar refractivity (Wildman–Crippen MR) is 82.0 cm³/mol. The van der Waals surface area contributed by atoms with Crippen molar-refractivity contribution in [2.75, 3.05) is 12.4 Å². The van der Waals surface area contributed by atoms with Gasteiger partial charge in [0.05, 0.1) is 10.7 Å². The van der Waals surface area contributed by atoms with E-state index >= 15 is 0 Å². The van der Waals surface area contributed by atoms with E-state index in [0.29, 0.717) is 11.8 Å². The Bertz CT molecular complexity index is 618. The SMILES string of the molecule is CNc1ncc(Br)c(OC2CCCc3ccccc32)n1. The summed E-state index contributed by atoms with van der Waals surface area (Å²) in [7, 11) is 1.79. The zero-order valence-electron chi connectivity index (χ0n) is 11.3. The Labute approximate surface area is 126 Å². The van der Waals surface area contributed by atoms with Crippen LogP contribution >= 0.6 is 15.9 Å². The Morgan fingerprint density at radius 2 is 2.20 bits per heavy atom. The monoisotopic (exact) mass is 333 g/mol. The summed E-state index contributed by atoms with van der Waals surface area (Å²) >= 11 is 3.45. The maximum Gasteiger partial charge on any atom is 0.233 e. The Kier molecular flexibility index (Phi) is 3.87. The molecule has 1 unspecified atom stereocenters. The van der Waals surface area contributed by atoms with E-state index in [1.165, 1.54) is 11.1 Å². The van der Waals surface area contributed by atoms with Crippen LogP contribution in [-0.2, 0) is 6.42 Å². The van der Waals surface area contributed by atoms with E-state index < -0.39 is 0 Å². The molecule has 3 rings (SSSR count). The number of rotatable bonds is 3. The first kappa shape index (κ1) is 13.4. The molecule has 1 atom stereocenters. The molecule has 1 heterocycles. The van der Waals surface area contributed by atoms with Crippen LogP contribution in [0, 0.1) is 0 Å². The number of hydrogen-bond acceptors (Lipinski definition) is 4. The van der Waals surface area contributed by atoms with Crippen molar-refractivity contribution in [2.45, 2.75) is 25.4 Å². The number of fused-ring (bicyclic) bond motifs is 1. The highest BCUT2D eigenvalue weighted by Crippen LogP contribution is 2.35. The number of ether oxygens (including phenoxy) is 1. The summed E-state index contributed by atoms with van der Waals surface area (Å²) in [4.78, 5) is 8.51. The lowest BCUT2D eigenvalue weighted by molar-refractivity contribution is 0.174. The third kappa shape index (κ3) is 2.63. The van der Waals surface area contributed by atoms with Crippen LogP contribution in [0.15, 0.2) is 34.9 Å². The highest BCUT2D eigenvalue weighted by Gasteiger charge is 2.22. The number of hydrogen-bond donors (Lipinski definition) is 1. The fourth-order valence-electron chi connectivity index (χ4n) is 2.52. The molecule has 0 saturated heterocycles. The van der Waals surface area contributed by atoms with Crippen LogP contribution in [-0.4, -0.2) is 17.0 Å². The Hall–Kier alpha value is -1.62. The molecule has 0 bridgehead atoms. The number of anilines is 1. The zero-order valence-corrected chi connectivity index (χ0v) is 12.9. The minimum atomic E-state index is 0.0656. The van der Waals surface area contributed by atoms with E-state index in [2.05, 4.69) is 55.5 Å². The van der Waals surface area contributed by atoms with Gasteiger partial charge in [-0.2, -0.15) is 4.98 Å². The molecule has 0 radical (unpaired) electrons. The molecule has 1 aliphatic rings. The highest BCUT2D eigenvalue weighted by molar-refractivity contribution is 9.10. The second-order valence-corrected chi connectivity index (χ2v) is 5.65. The van der Waals surface area contributed by atoms with Crippen molar-refractivity contribution in [3.05, 3.63) is 46.1 Å². The topological polar surface area (TPSA) is 47.0 Å². The lowest BCUT2D eigenvalue weighted by Gasteiger charge is -2.26. The van der Waals surface area contributed by atoms with Gasteiger partial charge in [0, 0.05) is 7.05 Å². The van der Waals surface area contributed by atoms with Gasteiger partial charge in [0.25, 0.3) is 0 Å². The molecule has 0 fully saturated rings. The van der Waals surface area contributed by atoms with Gasteiger partial charge in [0.15, 0.2) is 0 Å². The predicted octanol–water partition coefficient (Wildman–Crippen LogP) is 3.74. The fourth-order valence-corrected chi connectivity index (χ4v) is 2.81. The third-order valence-corrected chi connectivity index (χ3v) is 4.05. The molecule has 20 heavy (non-hydrogen) atoms. The van der Waals surface area contributed by atoms with Crippen LogP contribution in [0.5, 0.6) is 5.88 Å². The van der Waals surface area contributed by atoms with Crippen molar-refractivity contribution >= 4 is 21.9 Å². The average molecular weight is 334 g/mol. The molecule has 1 aliphatic carbocycles. The number of aryl methyl sites for hydroxylation is 1. The van der Waals surface area contributed by atoms with Crippen molar-refractivity contribution in [3.63, 3.8) is 0 Å². The van der Waals surface area contributed by atoms with E-state index in [1.54, 1.807) is 13.2 Å². The number of nitrogens with zero attached hydrogens (tertiary/aromatic N) is 2. The standard InChI is InChI=1S/C15H16BrN3O/c1-17-15-18-9-12(16)14(19-15)20-13-8-4-6-10-5-2-3-7-11(10)13/h2-3,5,7,9,13H,4,6,8H2,1H3,(H,17,18,19). The molecule has 0 aliphatic heterocycles. The van der Waals surface area contributed by atoms with Crippen LogP contribution in [0.2, 0.25) is 0 Å². The van der Waals surface area contributed by atoms with E-state index in [9.17, 15) is 0 Å². The molecule has 1 aromatic carbocycles. The summed E-state index contributed by atoms with van der Waals surface area (Å²) in [5.74, 6) is 1.15. The summed E-state index contributed by atoms with van der Waals surface area (Å²) in [6.45, 7) is 0. The number of halogens is 1. The molecule has 2 aromatic rings. The largest absolute Gasteiger partial charge is 0.469 e. The molecule has 1 aromatic heterocycles. The lowest BCUT2D eigenvalue weighted by Crippen LogP contribution is -2.16. The summed E-state index contributed by atoms with van der Waals surface area (Å²) in [6, 6.07) is 8.47. The lowest BCUT2D eigenvalue weighted by atomic mass is 9.89. The fraction of sp³-hybridized carbons (Fsp3) is 0.333. The smallest absolute Gasteiger partial charge is 0.233 e. The quantitative estimate of drug-likeness (QED) is 0.929.